The van der Waals surface area contributed by atoms with Crippen LogP contribution in [0.3, 0.4) is 0 Å². The van der Waals surface area contributed by atoms with E-state index in [1.54, 1.807) is 0 Å². The van der Waals surface area contributed by atoms with Crippen molar-refractivity contribution < 1.29 is 0 Å². The lowest BCUT2D eigenvalue weighted by atomic mass is 9.89. The number of aryl methyl sites for hydroxylation is 1. The van der Waals surface area contributed by atoms with Gasteiger partial charge in [0.2, 0.25) is 0 Å². The minimum atomic E-state index is 0.585. The average molecular weight is 198 g/mol. The van der Waals surface area contributed by atoms with E-state index < -0.39 is 0 Å². The molecule has 0 heterocycles. The van der Waals surface area contributed by atoms with Gasteiger partial charge in [0.1, 0.15) is 0 Å². The van der Waals surface area contributed by atoms with E-state index in [0.717, 1.165) is 12.8 Å². The summed E-state index contributed by atoms with van der Waals surface area (Å²) in [5.41, 5.74) is 4.28. The van der Waals surface area contributed by atoms with E-state index >= 15 is 0 Å². The van der Waals surface area contributed by atoms with Gasteiger partial charge in [0.25, 0.3) is 0 Å². The highest BCUT2D eigenvalue weighted by Crippen LogP contribution is 2.27. The average Bonchev–Trinajstić information content (AvgIpc) is 2.29. The molecule has 1 atom stereocenters. The smallest absolute Gasteiger partial charge is 0.00584 e. The Morgan fingerprint density at radius 3 is 2.93 bits per heavy atom. The summed E-state index contributed by atoms with van der Waals surface area (Å²) >= 11 is 0. The van der Waals surface area contributed by atoms with Crippen LogP contribution in [0.15, 0.2) is 48.1 Å². The molecule has 2 rings (SSSR count). The Balaban J connectivity index is 2.26. The van der Waals surface area contributed by atoms with Crippen LogP contribution >= 0.6 is 0 Å². The summed E-state index contributed by atoms with van der Waals surface area (Å²) in [6.45, 7) is 4.38. The largest absolute Gasteiger partial charge is 0.0834 e. The molecule has 0 amide bonds. The van der Waals surface area contributed by atoms with E-state index in [1.807, 2.05) is 0 Å². The predicted molar refractivity (Wildman–Crippen MR) is 66.1 cm³/mol. The molecule has 0 saturated carbocycles. The molecule has 0 spiro atoms. The summed E-state index contributed by atoms with van der Waals surface area (Å²) in [6.07, 6.45) is 9.12. The molecule has 1 aromatic rings. The summed E-state index contributed by atoms with van der Waals surface area (Å²) in [6, 6.07) is 8.97. The Labute approximate surface area is 92.3 Å². The van der Waals surface area contributed by atoms with Crippen molar-refractivity contribution in [1.82, 2.24) is 0 Å². The first-order valence-electron chi connectivity index (χ1n) is 5.73. The minimum absolute atomic E-state index is 0.585. The molecular weight excluding hydrogens is 180 g/mol. The maximum Gasteiger partial charge on any atom is 0.00584 e. The molecule has 1 aliphatic carbocycles. The number of hydrogen-bond donors (Lipinski definition) is 0. The molecule has 0 aromatic heterocycles. The first-order chi connectivity index (χ1) is 7.29. The lowest BCUT2D eigenvalue weighted by molar-refractivity contribution is 0.840. The molecule has 1 aliphatic rings. The summed E-state index contributed by atoms with van der Waals surface area (Å²) in [7, 11) is 0. The van der Waals surface area contributed by atoms with Crippen molar-refractivity contribution in [2.75, 3.05) is 0 Å². The van der Waals surface area contributed by atoms with E-state index in [4.69, 9.17) is 0 Å². The van der Waals surface area contributed by atoms with E-state index in [2.05, 4.69) is 56.3 Å². The quantitative estimate of drug-likeness (QED) is 0.666. The zero-order chi connectivity index (χ0) is 10.7. The fraction of sp³-hybridized carbons (Fsp3) is 0.333. The van der Waals surface area contributed by atoms with Crippen LogP contribution in [-0.4, -0.2) is 0 Å². The van der Waals surface area contributed by atoms with Gasteiger partial charge in [0.05, 0.1) is 0 Å². The van der Waals surface area contributed by atoms with Crippen molar-refractivity contribution in [3.8, 4) is 0 Å². The van der Waals surface area contributed by atoms with Gasteiger partial charge in [0, 0.05) is 5.92 Å². The standard InChI is InChI=1S/C15H18/c1-3-13-7-5-9-15(11-13)14-8-4-6-12(2)10-14/h4-7,9-11,14H,3,8H2,1-2H3. The van der Waals surface area contributed by atoms with Crippen molar-refractivity contribution >= 4 is 0 Å². The zero-order valence-corrected chi connectivity index (χ0v) is 9.53. The molecule has 0 nitrogen and oxygen atoms in total. The maximum atomic E-state index is 2.37. The van der Waals surface area contributed by atoms with Crippen LogP contribution < -0.4 is 0 Å². The topological polar surface area (TPSA) is 0 Å². The Kier molecular flexibility index (Phi) is 3.05. The molecule has 0 saturated heterocycles. The second kappa shape index (κ2) is 4.48. The third kappa shape index (κ3) is 2.38. The Morgan fingerprint density at radius 1 is 1.33 bits per heavy atom. The van der Waals surface area contributed by atoms with Gasteiger partial charge in [-0.25, -0.2) is 0 Å². The Bertz CT molecular complexity index is 396. The third-order valence-corrected chi connectivity index (χ3v) is 3.02. The summed E-state index contributed by atoms with van der Waals surface area (Å²) in [5.74, 6) is 0.585. The van der Waals surface area contributed by atoms with Gasteiger partial charge in [-0.3, -0.25) is 0 Å². The SMILES string of the molecule is CCc1cccc(C2C=C(C)C=CC2)c1. The van der Waals surface area contributed by atoms with Gasteiger partial charge in [-0.15, -0.1) is 0 Å². The summed E-state index contributed by atoms with van der Waals surface area (Å²) in [5, 5.41) is 0. The predicted octanol–water partition coefficient (Wildman–Crippen LogP) is 4.24. The van der Waals surface area contributed by atoms with Gasteiger partial charge in [-0.05, 0) is 30.9 Å². The molecular formula is C15H18. The van der Waals surface area contributed by atoms with Gasteiger partial charge >= 0.3 is 0 Å². The maximum absolute atomic E-state index is 2.37. The molecule has 15 heavy (non-hydrogen) atoms. The second-order valence-corrected chi connectivity index (χ2v) is 4.25. The highest BCUT2D eigenvalue weighted by atomic mass is 14.1. The molecule has 1 unspecified atom stereocenters. The van der Waals surface area contributed by atoms with Crippen LogP contribution in [0.25, 0.3) is 0 Å². The molecule has 0 fully saturated rings. The van der Waals surface area contributed by atoms with Gasteiger partial charge in [-0.2, -0.15) is 0 Å². The van der Waals surface area contributed by atoms with E-state index in [1.165, 1.54) is 16.7 Å². The van der Waals surface area contributed by atoms with Crippen LogP contribution in [-0.2, 0) is 6.42 Å². The molecule has 78 valence electrons. The van der Waals surface area contributed by atoms with Crippen molar-refractivity contribution in [1.29, 1.82) is 0 Å². The van der Waals surface area contributed by atoms with E-state index in [0.29, 0.717) is 5.92 Å². The van der Waals surface area contributed by atoms with Crippen molar-refractivity contribution in [2.24, 2.45) is 0 Å². The van der Waals surface area contributed by atoms with Crippen LogP contribution in [0.5, 0.6) is 0 Å². The van der Waals surface area contributed by atoms with Gasteiger partial charge in [-0.1, -0.05) is 55.0 Å². The first kappa shape index (κ1) is 10.2. The van der Waals surface area contributed by atoms with Gasteiger partial charge < -0.3 is 0 Å². The fourth-order valence-electron chi connectivity index (χ4n) is 2.12. The minimum Gasteiger partial charge on any atom is -0.0834 e. The summed E-state index contributed by atoms with van der Waals surface area (Å²) < 4.78 is 0. The molecule has 0 aliphatic heterocycles. The van der Waals surface area contributed by atoms with Gasteiger partial charge in [0.15, 0.2) is 0 Å². The molecule has 0 heteroatoms. The van der Waals surface area contributed by atoms with Crippen LogP contribution in [0.4, 0.5) is 0 Å². The zero-order valence-electron chi connectivity index (χ0n) is 9.53. The van der Waals surface area contributed by atoms with E-state index in [-0.39, 0.29) is 0 Å². The highest BCUT2D eigenvalue weighted by Gasteiger charge is 2.10. The molecule has 0 bridgehead atoms. The number of benzene rings is 1. The second-order valence-electron chi connectivity index (χ2n) is 4.25. The Morgan fingerprint density at radius 2 is 2.20 bits per heavy atom. The third-order valence-electron chi connectivity index (χ3n) is 3.02. The number of allylic oxidation sites excluding steroid dienone is 4. The number of rotatable bonds is 2. The monoisotopic (exact) mass is 198 g/mol. The van der Waals surface area contributed by atoms with E-state index in [9.17, 15) is 0 Å². The fourth-order valence-corrected chi connectivity index (χ4v) is 2.12. The lowest BCUT2D eigenvalue weighted by Gasteiger charge is -2.16. The van der Waals surface area contributed by atoms with Crippen molar-refractivity contribution in [2.45, 2.75) is 32.6 Å². The lowest BCUT2D eigenvalue weighted by Crippen LogP contribution is -1.98. The highest BCUT2D eigenvalue weighted by molar-refractivity contribution is 5.34. The van der Waals surface area contributed by atoms with Crippen molar-refractivity contribution in [3.05, 3.63) is 59.2 Å². The Hall–Kier alpha value is -1.30. The normalized spacial score (nSPS) is 20.1. The first-order valence-corrected chi connectivity index (χ1v) is 5.73. The summed E-state index contributed by atoms with van der Waals surface area (Å²) in [4.78, 5) is 0. The van der Waals surface area contributed by atoms with Crippen molar-refractivity contribution in [3.63, 3.8) is 0 Å². The van der Waals surface area contributed by atoms with Crippen LogP contribution in [0.1, 0.15) is 37.3 Å². The molecule has 1 aromatic carbocycles. The molecule has 0 N–H and O–H groups in total. The van der Waals surface area contributed by atoms with Crippen LogP contribution in [0.2, 0.25) is 0 Å². The number of hydrogen-bond acceptors (Lipinski definition) is 0. The van der Waals surface area contributed by atoms with Crippen LogP contribution in [0, 0.1) is 0 Å². The molecule has 0 radical (unpaired) electrons.